The van der Waals surface area contributed by atoms with Crippen molar-refractivity contribution < 1.29 is 19.6 Å². The molecule has 3 amide bonds. The van der Waals surface area contributed by atoms with Crippen LogP contribution in [0.1, 0.15) is 5.56 Å². The minimum Gasteiger partial charge on any atom is -0.423 e. The van der Waals surface area contributed by atoms with Gasteiger partial charge >= 0.3 is 13.1 Å². The number of amides is 3. The predicted molar refractivity (Wildman–Crippen MR) is 60.2 cm³/mol. The summed E-state index contributed by atoms with van der Waals surface area (Å²) in [6.45, 7) is 0.145. The van der Waals surface area contributed by atoms with Crippen LogP contribution in [0.25, 0.3) is 0 Å². The average molecular weight is 234 g/mol. The van der Waals surface area contributed by atoms with Gasteiger partial charge in [-0.2, -0.15) is 0 Å². The van der Waals surface area contributed by atoms with Crippen molar-refractivity contribution in [2.45, 2.75) is 6.54 Å². The molecule has 0 radical (unpaired) electrons. The number of nitrogens with one attached hydrogen (secondary N) is 1. The molecule has 1 aliphatic rings. The highest BCUT2D eigenvalue weighted by atomic mass is 16.4. The highest BCUT2D eigenvalue weighted by Crippen LogP contribution is 2.07. The van der Waals surface area contributed by atoms with Gasteiger partial charge in [0.1, 0.15) is 0 Å². The van der Waals surface area contributed by atoms with Gasteiger partial charge in [-0.1, -0.05) is 24.3 Å². The first-order valence-electron chi connectivity index (χ1n) is 5.11. The zero-order valence-corrected chi connectivity index (χ0v) is 8.96. The Balaban J connectivity index is 2.16. The Kier molecular flexibility index (Phi) is 3.12. The fourth-order valence-corrected chi connectivity index (χ4v) is 1.65. The fourth-order valence-electron chi connectivity index (χ4n) is 1.65. The van der Waals surface area contributed by atoms with Gasteiger partial charge in [-0.05, 0) is 11.0 Å². The molecule has 0 unspecified atom stereocenters. The first kappa shape index (κ1) is 11.6. The summed E-state index contributed by atoms with van der Waals surface area (Å²) < 4.78 is 0. The molecule has 7 heteroatoms. The minimum atomic E-state index is -1.56. The Labute approximate surface area is 98.0 Å². The van der Waals surface area contributed by atoms with Gasteiger partial charge in [0, 0.05) is 0 Å². The van der Waals surface area contributed by atoms with E-state index in [1.54, 1.807) is 24.3 Å². The number of imide groups is 1. The zero-order chi connectivity index (χ0) is 12.4. The molecule has 0 spiro atoms. The van der Waals surface area contributed by atoms with E-state index in [1.165, 1.54) is 0 Å². The van der Waals surface area contributed by atoms with Crippen LogP contribution in [-0.2, 0) is 11.3 Å². The van der Waals surface area contributed by atoms with Crippen LogP contribution in [0.2, 0.25) is 0 Å². The van der Waals surface area contributed by atoms with Crippen LogP contribution >= 0.6 is 0 Å². The number of rotatable bonds is 3. The highest BCUT2D eigenvalue weighted by Gasteiger charge is 2.28. The molecule has 0 saturated carbocycles. The highest BCUT2D eigenvalue weighted by molar-refractivity contribution is 6.58. The topological polar surface area (TPSA) is 89.9 Å². The van der Waals surface area contributed by atoms with Gasteiger partial charge in [0.15, 0.2) is 0 Å². The van der Waals surface area contributed by atoms with Crippen molar-refractivity contribution in [1.82, 2.24) is 10.2 Å². The van der Waals surface area contributed by atoms with Crippen LogP contribution in [-0.4, -0.2) is 40.5 Å². The molecular formula is C10H11BN2O4. The summed E-state index contributed by atoms with van der Waals surface area (Å²) in [5.41, 5.74) is 0.996. The van der Waals surface area contributed by atoms with E-state index in [0.29, 0.717) is 11.0 Å². The first-order chi connectivity index (χ1) is 8.08. The smallest absolute Gasteiger partial charge is 0.423 e. The molecule has 17 heavy (non-hydrogen) atoms. The molecule has 6 nitrogen and oxygen atoms in total. The molecule has 0 atom stereocenters. The lowest BCUT2D eigenvalue weighted by atomic mass is 9.79. The molecule has 1 aromatic rings. The summed E-state index contributed by atoms with van der Waals surface area (Å²) in [6, 6.07) is 6.03. The predicted octanol–water partition coefficient (Wildman–Crippen LogP) is -1.58. The Morgan fingerprint density at radius 3 is 2.71 bits per heavy atom. The fraction of sp³-hybridized carbons (Fsp3) is 0.200. The van der Waals surface area contributed by atoms with E-state index in [2.05, 4.69) is 5.32 Å². The Morgan fingerprint density at radius 1 is 1.35 bits per heavy atom. The molecule has 0 aromatic heterocycles. The van der Waals surface area contributed by atoms with Gasteiger partial charge in [0.05, 0.1) is 13.1 Å². The number of urea groups is 1. The van der Waals surface area contributed by atoms with Gasteiger partial charge in [0.2, 0.25) is 5.91 Å². The van der Waals surface area contributed by atoms with Crippen molar-refractivity contribution in [2.75, 3.05) is 6.54 Å². The second-order valence-corrected chi connectivity index (χ2v) is 3.76. The molecular weight excluding hydrogens is 223 g/mol. The molecule has 0 bridgehead atoms. The summed E-state index contributed by atoms with van der Waals surface area (Å²) in [5, 5.41) is 20.4. The lowest BCUT2D eigenvalue weighted by Gasteiger charge is -2.12. The first-order valence-corrected chi connectivity index (χ1v) is 5.11. The molecule has 1 fully saturated rings. The maximum Gasteiger partial charge on any atom is 0.488 e. The van der Waals surface area contributed by atoms with Gasteiger partial charge in [0.25, 0.3) is 0 Å². The van der Waals surface area contributed by atoms with E-state index >= 15 is 0 Å². The third-order valence-electron chi connectivity index (χ3n) is 2.53. The van der Waals surface area contributed by atoms with Crippen LogP contribution < -0.4 is 10.8 Å². The van der Waals surface area contributed by atoms with E-state index < -0.39 is 13.1 Å². The standard InChI is InChI=1S/C10H11BN2O4/c14-9-5-12-10(15)13(9)6-7-2-1-3-8(4-7)11(16)17/h1-4,16-17H,5-6H2,(H,12,15). The number of nitrogens with zero attached hydrogens (tertiary/aromatic N) is 1. The van der Waals surface area contributed by atoms with Crippen molar-refractivity contribution in [1.29, 1.82) is 0 Å². The average Bonchev–Trinajstić information content (AvgIpc) is 2.61. The van der Waals surface area contributed by atoms with Crippen molar-refractivity contribution in [3.8, 4) is 0 Å². The Hall–Kier alpha value is -1.86. The van der Waals surface area contributed by atoms with Gasteiger partial charge < -0.3 is 15.4 Å². The summed E-state index contributed by atoms with van der Waals surface area (Å²) >= 11 is 0. The Bertz CT molecular complexity index is 447. The molecule has 1 heterocycles. The molecule has 3 N–H and O–H groups in total. The van der Waals surface area contributed by atoms with Crippen molar-refractivity contribution >= 4 is 24.5 Å². The largest absolute Gasteiger partial charge is 0.488 e. The zero-order valence-electron chi connectivity index (χ0n) is 8.96. The van der Waals surface area contributed by atoms with Gasteiger partial charge in [-0.15, -0.1) is 0 Å². The molecule has 1 aliphatic heterocycles. The maximum atomic E-state index is 11.4. The second kappa shape index (κ2) is 4.56. The van der Waals surface area contributed by atoms with Crippen LogP contribution in [0, 0.1) is 0 Å². The van der Waals surface area contributed by atoms with Crippen LogP contribution in [0.5, 0.6) is 0 Å². The number of carbonyl (C=O) groups is 2. The van der Waals surface area contributed by atoms with E-state index in [0.717, 1.165) is 4.90 Å². The Morgan fingerprint density at radius 2 is 2.12 bits per heavy atom. The summed E-state index contributed by atoms with van der Waals surface area (Å²) in [4.78, 5) is 23.7. The molecule has 0 aliphatic carbocycles. The summed E-state index contributed by atoms with van der Waals surface area (Å²) in [6.07, 6.45) is 0. The van der Waals surface area contributed by atoms with E-state index in [9.17, 15) is 9.59 Å². The lowest BCUT2D eigenvalue weighted by molar-refractivity contribution is -0.125. The van der Waals surface area contributed by atoms with Crippen LogP contribution in [0.4, 0.5) is 4.79 Å². The third-order valence-corrected chi connectivity index (χ3v) is 2.53. The summed E-state index contributed by atoms with van der Waals surface area (Å²) in [5.74, 6) is -0.287. The number of carbonyl (C=O) groups excluding carboxylic acids is 2. The van der Waals surface area contributed by atoms with Crippen LogP contribution in [0.15, 0.2) is 24.3 Å². The van der Waals surface area contributed by atoms with Gasteiger partial charge in [-0.25, -0.2) is 4.79 Å². The lowest BCUT2D eigenvalue weighted by Crippen LogP contribution is -2.33. The van der Waals surface area contributed by atoms with E-state index in [-0.39, 0.29) is 19.0 Å². The number of hydrogen-bond donors (Lipinski definition) is 3. The number of benzene rings is 1. The van der Waals surface area contributed by atoms with E-state index in [4.69, 9.17) is 10.0 Å². The van der Waals surface area contributed by atoms with Crippen molar-refractivity contribution in [3.05, 3.63) is 29.8 Å². The third kappa shape index (κ3) is 2.46. The molecule has 2 rings (SSSR count). The quantitative estimate of drug-likeness (QED) is 0.434. The van der Waals surface area contributed by atoms with Crippen molar-refractivity contribution in [3.63, 3.8) is 0 Å². The monoisotopic (exact) mass is 234 g/mol. The minimum absolute atomic E-state index is 0.0150. The SMILES string of the molecule is O=C1CNC(=O)N1Cc1cccc(B(O)O)c1. The summed E-state index contributed by atoms with van der Waals surface area (Å²) in [7, 11) is -1.56. The molecule has 1 saturated heterocycles. The molecule has 88 valence electrons. The number of hydrogen-bond acceptors (Lipinski definition) is 4. The van der Waals surface area contributed by atoms with Gasteiger partial charge in [-0.3, -0.25) is 9.69 Å². The van der Waals surface area contributed by atoms with E-state index in [1.807, 2.05) is 0 Å². The maximum absolute atomic E-state index is 11.4. The van der Waals surface area contributed by atoms with Crippen molar-refractivity contribution in [2.24, 2.45) is 0 Å². The molecule has 1 aromatic carbocycles. The second-order valence-electron chi connectivity index (χ2n) is 3.76. The van der Waals surface area contributed by atoms with Crippen LogP contribution in [0.3, 0.4) is 0 Å². The normalized spacial score (nSPS) is 15.1.